The van der Waals surface area contributed by atoms with E-state index in [4.69, 9.17) is 19.4 Å². The zero-order chi connectivity index (χ0) is 18.8. The number of pyridine rings is 1. The maximum Gasteiger partial charge on any atom is 0.164 e. The largest absolute Gasteiger partial charge is 0.385 e. The number of rotatable bonds is 5. The van der Waals surface area contributed by atoms with Gasteiger partial charge in [-0.3, -0.25) is 9.67 Å². The van der Waals surface area contributed by atoms with E-state index in [-0.39, 0.29) is 6.10 Å². The van der Waals surface area contributed by atoms with Gasteiger partial charge >= 0.3 is 0 Å². The molecule has 1 aliphatic rings. The predicted octanol–water partition coefficient (Wildman–Crippen LogP) is 1.98. The summed E-state index contributed by atoms with van der Waals surface area (Å²) < 4.78 is 12.9. The summed E-state index contributed by atoms with van der Waals surface area (Å²) >= 11 is 0. The molecule has 4 rings (SSSR count). The van der Waals surface area contributed by atoms with Crippen molar-refractivity contribution in [3.63, 3.8) is 0 Å². The van der Waals surface area contributed by atoms with E-state index in [9.17, 15) is 0 Å². The lowest BCUT2D eigenvalue weighted by atomic mass is 10.2. The second kappa shape index (κ2) is 7.58. The predicted molar refractivity (Wildman–Crippen MR) is 103 cm³/mol. The highest BCUT2D eigenvalue weighted by Gasteiger charge is 2.26. The van der Waals surface area contributed by atoms with Crippen molar-refractivity contribution in [1.82, 2.24) is 24.7 Å². The third-order valence-electron chi connectivity index (χ3n) is 4.86. The Morgan fingerprint density at radius 2 is 2.07 bits per heavy atom. The molecular weight excluding hydrogens is 344 g/mol. The maximum absolute atomic E-state index is 5.90. The number of hydrogen-bond donors (Lipinski definition) is 0. The fourth-order valence-corrected chi connectivity index (χ4v) is 3.51. The molecule has 3 aromatic heterocycles. The smallest absolute Gasteiger partial charge is 0.164 e. The number of fused-ring (bicyclic) bond motifs is 1. The summed E-state index contributed by atoms with van der Waals surface area (Å²) in [6, 6.07) is 3.85. The third kappa shape index (κ3) is 3.50. The van der Waals surface area contributed by atoms with Crippen molar-refractivity contribution < 1.29 is 9.47 Å². The SMILES string of the molecule is COCC[C@@H]1CN(c2nc(-c3ccncc3)nc3c2c(C)nn3C)CCO1. The molecule has 0 spiro atoms. The summed E-state index contributed by atoms with van der Waals surface area (Å²) in [5.74, 6) is 1.60. The van der Waals surface area contributed by atoms with E-state index < -0.39 is 0 Å². The summed E-state index contributed by atoms with van der Waals surface area (Å²) in [6.07, 6.45) is 4.51. The fourth-order valence-electron chi connectivity index (χ4n) is 3.51. The van der Waals surface area contributed by atoms with Crippen LogP contribution in [0.5, 0.6) is 0 Å². The minimum absolute atomic E-state index is 0.130. The van der Waals surface area contributed by atoms with Gasteiger partial charge < -0.3 is 14.4 Å². The van der Waals surface area contributed by atoms with Crippen molar-refractivity contribution in [3.05, 3.63) is 30.2 Å². The van der Waals surface area contributed by atoms with Crippen molar-refractivity contribution in [2.45, 2.75) is 19.4 Å². The molecule has 1 atom stereocenters. The first kappa shape index (κ1) is 17.8. The van der Waals surface area contributed by atoms with Crippen LogP contribution >= 0.6 is 0 Å². The lowest BCUT2D eigenvalue weighted by Gasteiger charge is -2.34. The molecule has 0 aliphatic carbocycles. The Morgan fingerprint density at radius 1 is 1.26 bits per heavy atom. The van der Waals surface area contributed by atoms with Crippen molar-refractivity contribution in [3.8, 4) is 11.4 Å². The molecule has 0 N–H and O–H groups in total. The average molecular weight is 368 g/mol. The number of methoxy groups -OCH3 is 1. The fraction of sp³-hybridized carbons (Fsp3) is 0.474. The van der Waals surface area contributed by atoms with Crippen LogP contribution in [0, 0.1) is 6.92 Å². The van der Waals surface area contributed by atoms with Crippen LogP contribution in [-0.2, 0) is 16.5 Å². The Bertz CT molecular complexity index is 927. The van der Waals surface area contributed by atoms with Gasteiger partial charge in [-0.05, 0) is 25.5 Å². The van der Waals surface area contributed by atoms with Gasteiger partial charge in [-0.15, -0.1) is 0 Å². The highest BCUT2D eigenvalue weighted by atomic mass is 16.5. The molecule has 8 nitrogen and oxygen atoms in total. The average Bonchev–Trinajstić information content (AvgIpc) is 3.00. The zero-order valence-corrected chi connectivity index (χ0v) is 15.9. The van der Waals surface area contributed by atoms with E-state index in [0.29, 0.717) is 19.0 Å². The molecule has 3 aromatic rings. The normalized spacial score (nSPS) is 17.6. The Hall–Kier alpha value is -2.58. The zero-order valence-electron chi connectivity index (χ0n) is 15.9. The number of aryl methyl sites for hydroxylation is 2. The van der Waals surface area contributed by atoms with Gasteiger partial charge in [-0.2, -0.15) is 5.10 Å². The van der Waals surface area contributed by atoms with Gasteiger partial charge in [0.25, 0.3) is 0 Å². The monoisotopic (exact) mass is 368 g/mol. The number of ether oxygens (including phenoxy) is 2. The van der Waals surface area contributed by atoms with E-state index in [1.165, 1.54) is 0 Å². The highest BCUT2D eigenvalue weighted by Crippen LogP contribution is 2.30. The third-order valence-corrected chi connectivity index (χ3v) is 4.86. The molecule has 8 heteroatoms. The van der Waals surface area contributed by atoms with Crippen LogP contribution in [0.25, 0.3) is 22.4 Å². The molecule has 1 fully saturated rings. The molecule has 0 unspecified atom stereocenters. The number of hydrogen-bond acceptors (Lipinski definition) is 7. The highest BCUT2D eigenvalue weighted by molar-refractivity contribution is 5.91. The van der Waals surface area contributed by atoms with Crippen LogP contribution in [0.2, 0.25) is 0 Å². The molecule has 0 amide bonds. The number of anilines is 1. The first-order chi connectivity index (χ1) is 13.2. The minimum atomic E-state index is 0.130. The Labute approximate surface area is 158 Å². The number of nitrogens with zero attached hydrogens (tertiary/aromatic N) is 6. The molecule has 0 saturated carbocycles. The summed E-state index contributed by atoms with van der Waals surface area (Å²) in [4.78, 5) is 16.1. The van der Waals surface area contributed by atoms with Crippen LogP contribution < -0.4 is 4.90 Å². The van der Waals surface area contributed by atoms with Gasteiger partial charge in [-0.1, -0.05) is 0 Å². The molecule has 0 aromatic carbocycles. The standard InChI is InChI=1S/C19H24N6O2/c1-13-16-18(24(2)23-13)21-17(14-4-7-20-8-5-14)22-19(16)25-9-11-27-15(12-25)6-10-26-3/h4-5,7-8,15H,6,9-12H2,1-3H3/t15-/m1/s1. The van der Waals surface area contributed by atoms with Crippen molar-refractivity contribution >= 4 is 16.9 Å². The summed E-state index contributed by atoms with van der Waals surface area (Å²) in [5.41, 5.74) is 2.71. The van der Waals surface area contributed by atoms with E-state index in [1.54, 1.807) is 19.5 Å². The lowest BCUT2D eigenvalue weighted by Crippen LogP contribution is -2.43. The van der Waals surface area contributed by atoms with Gasteiger partial charge in [0.2, 0.25) is 0 Å². The molecule has 0 bridgehead atoms. The number of morpholine rings is 1. The summed E-state index contributed by atoms with van der Waals surface area (Å²) in [6.45, 7) is 4.93. The van der Waals surface area contributed by atoms with Crippen LogP contribution in [0.15, 0.2) is 24.5 Å². The lowest BCUT2D eigenvalue weighted by molar-refractivity contribution is 0.0190. The van der Waals surface area contributed by atoms with Crippen molar-refractivity contribution in [2.75, 3.05) is 38.3 Å². The van der Waals surface area contributed by atoms with Gasteiger partial charge in [0, 0.05) is 51.8 Å². The molecule has 142 valence electrons. The molecule has 4 heterocycles. The van der Waals surface area contributed by atoms with E-state index >= 15 is 0 Å². The first-order valence-electron chi connectivity index (χ1n) is 9.14. The van der Waals surface area contributed by atoms with Gasteiger partial charge in [0.1, 0.15) is 5.82 Å². The minimum Gasteiger partial charge on any atom is -0.385 e. The first-order valence-corrected chi connectivity index (χ1v) is 9.14. The van der Waals surface area contributed by atoms with Crippen LogP contribution in [0.1, 0.15) is 12.1 Å². The van der Waals surface area contributed by atoms with E-state index in [0.717, 1.165) is 47.6 Å². The second-order valence-electron chi connectivity index (χ2n) is 6.73. The van der Waals surface area contributed by atoms with Crippen LogP contribution in [0.4, 0.5) is 5.82 Å². The summed E-state index contributed by atoms with van der Waals surface area (Å²) in [7, 11) is 3.64. The van der Waals surface area contributed by atoms with Gasteiger partial charge in [0.15, 0.2) is 11.5 Å². The molecule has 1 aliphatic heterocycles. The summed E-state index contributed by atoms with van der Waals surface area (Å²) in [5, 5.41) is 5.58. The molecule has 1 saturated heterocycles. The number of aromatic nitrogens is 5. The second-order valence-corrected chi connectivity index (χ2v) is 6.73. The van der Waals surface area contributed by atoms with Crippen LogP contribution in [-0.4, -0.2) is 64.2 Å². The van der Waals surface area contributed by atoms with Crippen LogP contribution in [0.3, 0.4) is 0 Å². The quantitative estimate of drug-likeness (QED) is 0.681. The molecular formula is C19H24N6O2. The topological polar surface area (TPSA) is 78.2 Å². The maximum atomic E-state index is 5.90. The Kier molecular flexibility index (Phi) is 5.00. The Balaban J connectivity index is 1.78. The molecule has 27 heavy (non-hydrogen) atoms. The van der Waals surface area contributed by atoms with Crippen molar-refractivity contribution in [2.24, 2.45) is 7.05 Å². The van der Waals surface area contributed by atoms with Crippen molar-refractivity contribution in [1.29, 1.82) is 0 Å². The molecule has 0 radical (unpaired) electrons. The van der Waals surface area contributed by atoms with E-state index in [1.807, 2.05) is 30.8 Å². The Morgan fingerprint density at radius 3 is 2.85 bits per heavy atom. The van der Waals surface area contributed by atoms with Gasteiger partial charge in [0.05, 0.1) is 23.8 Å². The van der Waals surface area contributed by atoms with E-state index in [2.05, 4.69) is 15.0 Å². The van der Waals surface area contributed by atoms with Gasteiger partial charge in [-0.25, -0.2) is 9.97 Å².